The number of amides is 1. The van der Waals surface area contributed by atoms with Crippen LogP contribution in [0.4, 0.5) is 0 Å². The molecule has 1 aromatic rings. The molecule has 0 spiro atoms. The SMILES string of the molecule is CC(C)[C@H](NC(=O)CCN1CCCCCCC1)c1ccccn1. The van der Waals surface area contributed by atoms with Crippen molar-refractivity contribution in [1.29, 1.82) is 0 Å². The number of hydrogen-bond donors (Lipinski definition) is 1. The van der Waals surface area contributed by atoms with Gasteiger partial charge in [-0.3, -0.25) is 9.78 Å². The molecule has 2 rings (SSSR count). The Balaban J connectivity index is 1.82. The molecule has 1 fully saturated rings. The van der Waals surface area contributed by atoms with Gasteiger partial charge in [0.1, 0.15) is 0 Å². The maximum Gasteiger partial charge on any atom is 0.221 e. The first-order valence-electron chi connectivity index (χ1n) is 9.09. The van der Waals surface area contributed by atoms with E-state index < -0.39 is 0 Å². The summed E-state index contributed by atoms with van der Waals surface area (Å²) in [5.74, 6) is 0.465. The van der Waals surface area contributed by atoms with E-state index in [1.54, 1.807) is 6.20 Å². The summed E-state index contributed by atoms with van der Waals surface area (Å²) in [6.07, 6.45) is 8.94. The summed E-state index contributed by atoms with van der Waals surface area (Å²) in [5.41, 5.74) is 0.946. The van der Waals surface area contributed by atoms with Crippen molar-refractivity contribution in [2.75, 3.05) is 19.6 Å². The molecule has 0 aromatic carbocycles. The molecule has 1 amide bonds. The zero-order valence-electron chi connectivity index (χ0n) is 14.6. The number of hydrogen-bond acceptors (Lipinski definition) is 3. The molecule has 1 aromatic heterocycles. The van der Waals surface area contributed by atoms with E-state index in [0.717, 1.165) is 25.3 Å². The number of rotatable bonds is 6. The van der Waals surface area contributed by atoms with Crippen LogP contribution >= 0.6 is 0 Å². The van der Waals surface area contributed by atoms with E-state index in [1.807, 2.05) is 18.2 Å². The van der Waals surface area contributed by atoms with Gasteiger partial charge in [0, 0.05) is 19.2 Å². The minimum atomic E-state index is -0.00367. The third-order valence-corrected chi connectivity index (χ3v) is 4.59. The Bertz CT molecular complexity index is 453. The summed E-state index contributed by atoms with van der Waals surface area (Å²) >= 11 is 0. The topological polar surface area (TPSA) is 45.2 Å². The van der Waals surface area contributed by atoms with E-state index in [1.165, 1.54) is 32.1 Å². The van der Waals surface area contributed by atoms with Crippen LogP contribution in [0.3, 0.4) is 0 Å². The molecule has 1 atom stereocenters. The maximum absolute atomic E-state index is 12.4. The van der Waals surface area contributed by atoms with Gasteiger partial charge in [-0.1, -0.05) is 39.2 Å². The number of carbonyl (C=O) groups is 1. The first kappa shape index (κ1) is 17.9. The second kappa shape index (κ2) is 9.66. The summed E-state index contributed by atoms with van der Waals surface area (Å²) in [5, 5.41) is 3.17. The molecule has 1 aliphatic rings. The van der Waals surface area contributed by atoms with Crippen LogP contribution in [0, 0.1) is 5.92 Å². The highest BCUT2D eigenvalue weighted by atomic mass is 16.1. The fraction of sp³-hybridized carbons (Fsp3) is 0.684. The highest BCUT2D eigenvalue weighted by Gasteiger charge is 2.19. The molecule has 0 radical (unpaired) electrons. The van der Waals surface area contributed by atoms with E-state index in [0.29, 0.717) is 12.3 Å². The van der Waals surface area contributed by atoms with Crippen LogP contribution in [0.5, 0.6) is 0 Å². The highest BCUT2D eigenvalue weighted by molar-refractivity contribution is 5.76. The van der Waals surface area contributed by atoms with Crippen molar-refractivity contribution in [3.63, 3.8) is 0 Å². The molecule has 1 saturated heterocycles. The molecule has 4 nitrogen and oxygen atoms in total. The number of carbonyl (C=O) groups excluding carboxylic acids is 1. The molecular weight excluding hydrogens is 286 g/mol. The number of aromatic nitrogens is 1. The lowest BCUT2D eigenvalue weighted by Gasteiger charge is -2.25. The maximum atomic E-state index is 12.4. The quantitative estimate of drug-likeness (QED) is 0.872. The summed E-state index contributed by atoms with van der Waals surface area (Å²) in [6, 6.07) is 5.87. The number of pyridine rings is 1. The number of nitrogens with zero attached hydrogens (tertiary/aromatic N) is 2. The molecule has 2 heterocycles. The van der Waals surface area contributed by atoms with Crippen molar-refractivity contribution in [2.45, 2.75) is 58.4 Å². The fourth-order valence-corrected chi connectivity index (χ4v) is 3.18. The summed E-state index contributed by atoms with van der Waals surface area (Å²) in [7, 11) is 0. The highest BCUT2D eigenvalue weighted by Crippen LogP contribution is 2.19. The molecule has 1 N–H and O–H groups in total. The molecule has 0 aliphatic carbocycles. The zero-order chi connectivity index (χ0) is 16.5. The van der Waals surface area contributed by atoms with Crippen molar-refractivity contribution in [1.82, 2.24) is 15.2 Å². The molecule has 0 saturated carbocycles. The predicted octanol–water partition coefficient (Wildman–Crippen LogP) is 3.55. The van der Waals surface area contributed by atoms with Crippen LogP contribution in [0.15, 0.2) is 24.4 Å². The molecule has 4 heteroatoms. The summed E-state index contributed by atoms with van der Waals surface area (Å²) in [6.45, 7) is 7.40. The summed E-state index contributed by atoms with van der Waals surface area (Å²) < 4.78 is 0. The number of nitrogens with one attached hydrogen (secondary N) is 1. The standard InChI is InChI=1S/C19H31N3O/c1-16(2)19(17-10-6-7-12-20-17)21-18(23)11-15-22-13-8-4-3-5-9-14-22/h6-7,10,12,16,19H,3-5,8-9,11,13-15H2,1-2H3,(H,21,23)/t19-/m0/s1. The van der Waals surface area contributed by atoms with Crippen LogP contribution in [0.1, 0.15) is 64.1 Å². The summed E-state index contributed by atoms with van der Waals surface area (Å²) in [4.78, 5) is 19.2. The smallest absolute Gasteiger partial charge is 0.221 e. The first-order chi connectivity index (χ1) is 11.2. The van der Waals surface area contributed by atoms with Crippen molar-refractivity contribution < 1.29 is 4.79 Å². The lowest BCUT2D eigenvalue weighted by atomic mass is 10.00. The Morgan fingerprint density at radius 3 is 2.48 bits per heavy atom. The van der Waals surface area contributed by atoms with E-state index in [9.17, 15) is 4.79 Å². The lowest BCUT2D eigenvalue weighted by molar-refractivity contribution is -0.122. The van der Waals surface area contributed by atoms with Gasteiger partial charge in [0.05, 0.1) is 11.7 Å². The molecule has 1 aliphatic heterocycles. The normalized spacial score (nSPS) is 18.2. The Hall–Kier alpha value is -1.42. The minimum absolute atomic E-state index is 0.00367. The second-order valence-electron chi connectivity index (χ2n) is 6.90. The van der Waals surface area contributed by atoms with Gasteiger partial charge in [0.25, 0.3) is 0 Å². The van der Waals surface area contributed by atoms with Gasteiger partial charge in [-0.05, 0) is 44.0 Å². The fourth-order valence-electron chi connectivity index (χ4n) is 3.18. The van der Waals surface area contributed by atoms with E-state index in [2.05, 4.69) is 29.0 Å². The zero-order valence-corrected chi connectivity index (χ0v) is 14.6. The lowest BCUT2D eigenvalue weighted by Crippen LogP contribution is -2.36. The van der Waals surface area contributed by atoms with Gasteiger partial charge < -0.3 is 10.2 Å². The minimum Gasteiger partial charge on any atom is -0.347 e. The van der Waals surface area contributed by atoms with E-state index in [4.69, 9.17) is 0 Å². The van der Waals surface area contributed by atoms with Gasteiger partial charge in [-0.25, -0.2) is 0 Å². The van der Waals surface area contributed by atoms with E-state index >= 15 is 0 Å². The molecule has 0 bridgehead atoms. The Morgan fingerprint density at radius 2 is 1.87 bits per heavy atom. The Morgan fingerprint density at radius 1 is 1.17 bits per heavy atom. The largest absolute Gasteiger partial charge is 0.347 e. The van der Waals surface area contributed by atoms with Crippen molar-refractivity contribution in [2.24, 2.45) is 5.92 Å². The first-order valence-corrected chi connectivity index (χ1v) is 9.09. The average molecular weight is 317 g/mol. The Kier molecular flexibility index (Phi) is 7.53. The molecular formula is C19H31N3O. The van der Waals surface area contributed by atoms with Crippen molar-refractivity contribution in [3.05, 3.63) is 30.1 Å². The van der Waals surface area contributed by atoms with Gasteiger partial charge in [0.15, 0.2) is 0 Å². The third-order valence-electron chi connectivity index (χ3n) is 4.59. The van der Waals surface area contributed by atoms with Crippen LogP contribution < -0.4 is 5.32 Å². The van der Waals surface area contributed by atoms with Crippen LogP contribution in [0.25, 0.3) is 0 Å². The van der Waals surface area contributed by atoms with Crippen LogP contribution in [-0.4, -0.2) is 35.4 Å². The number of likely N-dealkylation sites (tertiary alicyclic amines) is 1. The van der Waals surface area contributed by atoms with Crippen LogP contribution in [-0.2, 0) is 4.79 Å². The Labute approximate surface area is 140 Å². The molecule has 128 valence electrons. The molecule has 0 unspecified atom stereocenters. The van der Waals surface area contributed by atoms with Gasteiger partial charge in [-0.2, -0.15) is 0 Å². The average Bonchev–Trinajstić information content (AvgIpc) is 2.52. The molecule has 23 heavy (non-hydrogen) atoms. The van der Waals surface area contributed by atoms with Crippen LogP contribution in [0.2, 0.25) is 0 Å². The second-order valence-corrected chi connectivity index (χ2v) is 6.90. The van der Waals surface area contributed by atoms with E-state index in [-0.39, 0.29) is 11.9 Å². The van der Waals surface area contributed by atoms with Crippen molar-refractivity contribution in [3.8, 4) is 0 Å². The van der Waals surface area contributed by atoms with Gasteiger partial charge in [-0.15, -0.1) is 0 Å². The monoisotopic (exact) mass is 317 g/mol. The predicted molar refractivity (Wildman–Crippen MR) is 94.1 cm³/mol. The van der Waals surface area contributed by atoms with Gasteiger partial charge >= 0.3 is 0 Å². The third kappa shape index (κ3) is 6.30. The van der Waals surface area contributed by atoms with Crippen molar-refractivity contribution >= 4 is 5.91 Å². The van der Waals surface area contributed by atoms with Gasteiger partial charge in [0.2, 0.25) is 5.91 Å².